The van der Waals surface area contributed by atoms with Crippen molar-refractivity contribution in [2.45, 2.75) is 6.04 Å². The summed E-state index contributed by atoms with van der Waals surface area (Å²) in [5, 5.41) is 6.69. The van der Waals surface area contributed by atoms with E-state index in [0.29, 0.717) is 0 Å². The molecular weight excluding hydrogens is 202 g/mol. The third kappa shape index (κ3) is 1.30. The van der Waals surface area contributed by atoms with Gasteiger partial charge in [0.25, 0.3) is 0 Å². The minimum absolute atomic E-state index is 0.137. The number of aromatic nitrogens is 3. The molecule has 0 radical (unpaired) electrons. The Labute approximate surface area is 92.6 Å². The Kier molecular flexibility index (Phi) is 1.97. The highest BCUT2D eigenvalue weighted by atomic mass is 15.4. The molecule has 1 unspecified atom stereocenters. The number of benzene rings is 1. The molecule has 2 aromatic rings. The standard InChI is InChI=1S/C11H11N5/c1-2-9-8-5-7(11-12-6-13-16-11)3-4-10(8)15-14-9/h2-6,9,14-15H,1H2,(H,12,13,16). The van der Waals surface area contributed by atoms with E-state index in [1.165, 1.54) is 11.9 Å². The molecule has 0 saturated carbocycles. The van der Waals surface area contributed by atoms with Gasteiger partial charge in [0, 0.05) is 5.56 Å². The Balaban J connectivity index is 2.08. The van der Waals surface area contributed by atoms with Crippen LogP contribution in [-0.4, -0.2) is 15.2 Å². The van der Waals surface area contributed by atoms with Crippen LogP contribution in [0.25, 0.3) is 11.4 Å². The second-order valence-electron chi connectivity index (χ2n) is 3.62. The van der Waals surface area contributed by atoms with Gasteiger partial charge in [-0.2, -0.15) is 5.10 Å². The van der Waals surface area contributed by atoms with Crippen LogP contribution in [0.1, 0.15) is 11.6 Å². The molecule has 1 aliphatic rings. The molecule has 1 aromatic heterocycles. The molecule has 3 rings (SSSR count). The quantitative estimate of drug-likeness (QED) is 0.663. The highest BCUT2D eigenvalue weighted by Gasteiger charge is 2.19. The van der Waals surface area contributed by atoms with E-state index in [4.69, 9.17) is 0 Å². The predicted molar refractivity (Wildman–Crippen MR) is 61.5 cm³/mol. The van der Waals surface area contributed by atoms with Gasteiger partial charge in [0.2, 0.25) is 0 Å². The number of hydrazine groups is 1. The minimum atomic E-state index is 0.137. The van der Waals surface area contributed by atoms with Gasteiger partial charge in [0.1, 0.15) is 6.33 Å². The molecule has 1 aromatic carbocycles. The van der Waals surface area contributed by atoms with Crippen molar-refractivity contribution in [1.82, 2.24) is 20.6 Å². The fraction of sp³-hybridized carbons (Fsp3) is 0.0909. The van der Waals surface area contributed by atoms with Crippen molar-refractivity contribution in [3.05, 3.63) is 42.7 Å². The van der Waals surface area contributed by atoms with Gasteiger partial charge in [0.05, 0.1) is 11.7 Å². The van der Waals surface area contributed by atoms with Gasteiger partial charge >= 0.3 is 0 Å². The van der Waals surface area contributed by atoms with Gasteiger partial charge in [-0.25, -0.2) is 10.4 Å². The summed E-state index contributed by atoms with van der Waals surface area (Å²) < 4.78 is 0. The van der Waals surface area contributed by atoms with E-state index in [0.717, 1.165) is 17.1 Å². The Hall–Kier alpha value is -2.14. The Morgan fingerprint density at radius 2 is 2.31 bits per heavy atom. The van der Waals surface area contributed by atoms with Crippen LogP contribution in [-0.2, 0) is 0 Å². The lowest BCUT2D eigenvalue weighted by Crippen LogP contribution is -2.16. The average molecular weight is 213 g/mol. The van der Waals surface area contributed by atoms with Crippen LogP contribution in [0.4, 0.5) is 5.69 Å². The molecule has 16 heavy (non-hydrogen) atoms. The summed E-state index contributed by atoms with van der Waals surface area (Å²) in [6.45, 7) is 3.80. The Morgan fingerprint density at radius 1 is 1.38 bits per heavy atom. The molecule has 0 fully saturated rings. The second kappa shape index (κ2) is 3.46. The average Bonchev–Trinajstić information content (AvgIpc) is 2.97. The van der Waals surface area contributed by atoms with Gasteiger partial charge in [-0.15, -0.1) is 6.58 Å². The molecule has 0 bridgehead atoms. The van der Waals surface area contributed by atoms with E-state index >= 15 is 0 Å². The number of H-pyrrole nitrogens is 1. The topological polar surface area (TPSA) is 65.6 Å². The summed E-state index contributed by atoms with van der Waals surface area (Å²) >= 11 is 0. The van der Waals surface area contributed by atoms with Crippen LogP contribution < -0.4 is 10.9 Å². The molecule has 0 spiro atoms. The molecular formula is C11H11N5. The molecule has 1 aliphatic heterocycles. The van der Waals surface area contributed by atoms with Gasteiger partial charge in [-0.3, -0.25) is 5.10 Å². The second-order valence-corrected chi connectivity index (χ2v) is 3.62. The highest BCUT2D eigenvalue weighted by Crippen LogP contribution is 2.31. The lowest BCUT2D eigenvalue weighted by molar-refractivity contribution is 0.755. The molecule has 2 heterocycles. The van der Waals surface area contributed by atoms with Crippen molar-refractivity contribution in [2.24, 2.45) is 0 Å². The molecule has 5 nitrogen and oxygen atoms in total. The van der Waals surface area contributed by atoms with Crippen molar-refractivity contribution in [1.29, 1.82) is 0 Å². The first-order chi connectivity index (χ1) is 7.88. The zero-order valence-corrected chi connectivity index (χ0v) is 8.57. The van der Waals surface area contributed by atoms with Crippen LogP contribution in [0, 0.1) is 0 Å². The summed E-state index contributed by atoms with van der Waals surface area (Å²) in [6.07, 6.45) is 3.37. The number of nitrogens with zero attached hydrogens (tertiary/aromatic N) is 2. The molecule has 3 N–H and O–H groups in total. The van der Waals surface area contributed by atoms with Crippen molar-refractivity contribution in [3.63, 3.8) is 0 Å². The Morgan fingerprint density at radius 3 is 3.06 bits per heavy atom. The predicted octanol–water partition coefficient (Wildman–Crippen LogP) is 1.63. The molecule has 0 aliphatic carbocycles. The summed E-state index contributed by atoms with van der Waals surface area (Å²) in [7, 11) is 0. The molecule has 1 atom stereocenters. The largest absolute Gasteiger partial charge is 0.320 e. The zero-order chi connectivity index (χ0) is 11.0. The number of fused-ring (bicyclic) bond motifs is 1. The lowest BCUT2D eigenvalue weighted by Gasteiger charge is -2.04. The fourth-order valence-electron chi connectivity index (χ4n) is 1.84. The maximum absolute atomic E-state index is 4.13. The molecule has 0 saturated heterocycles. The number of hydrogen-bond donors (Lipinski definition) is 3. The van der Waals surface area contributed by atoms with Crippen LogP contribution in [0.5, 0.6) is 0 Å². The number of hydrogen-bond acceptors (Lipinski definition) is 4. The number of aromatic amines is 1. The molecule has 80 valence electrons. The Bertz CT molecular complexity index is 517. The number of nitrogens with one attached hydrogen (secondary N) is 3. The maximum atomic E-state index is 4.13. The summed E-state index contributed by atoms with van der Waals surface area (Å²) in [6, 6.07) is 6.23. The SMILES string of the molecule is C=CC1NNc2ccc(-c3ncn[nH]3)cc21. The summed E-state index contributed by atoms with van der Waals surface area (Å²) in [5.74, 6) is 0.775. The van der Waals surface area contributed by atoms with Crippen LogP contribution in [0.15, 0.2) is 37.2 Å². The van der Waals surface area contributed by atoms with E-state index in [1.54, 1.807) is 0 Å². The first-order valence-electron chi connectivity index (χ1n) is 5.02. The van der Waals surface area contributed by atoms with Crippen molar-refractivity contribution in [2.75, 3.05) is 5.43 Å². The monoisotopic (exact) mass is 213 g/mol. The van der Waals surface area contributed by atoms with E-state index in [9.17, 15) is 0 Å². The van der Waals surface area contributed by atoms with E-state index < -0.39 is 0 Å². The van der Waals surface area contributed by atoms with Crippen molar-refractivity contribution >= 4 is 5.69 Å². The minimum Gasteiger partial charge on any atom is -0.320 e. The van der Waals surface area contributed by atoms with Crippen LogP contribution in [0.2, 0.25) is 0 Å². The highest BCUT2D eigenvalue weighted by molar-refractivity contribution is 5.66. The third-order valence-corrected chi connectivity index (χ3v) is 2.67. The van der Waals surface area contributed by atoms with Gasteiger partial charge < -0.3 is 5.43 Å². The van der Waals surface area contributed by atoms with Crippen LogP contribution >= 0.6 is 0 Å². The zero-order valence-electron chi connectivity index (χ0n) is 8.57. The third-order valence-electron chi connectivity index (χ3n) is 2.67. The van der Waals surface area contributed by atoms with E-state index in [-0.39, 0.29) is 6.04 Å². The normalized spacial score (nSPS) is 17.9. The molecule has 5 heteroatoms. The first-order valence-corrected chi connectivity index (χ1v) is 5.02. The van der Waals surface area contributed by atoms with E-state index in [2.05, 4.69) is 38.7 Å². The van der Waals surface area contributed by atoms with Crippen molar-refractivity contribution in [3.8, 4) is 11.4 Å². The summed E-state index contributed by atoms with van der Waals surface area (Å²) in [4.78, 5) is 4.13. The fourth-order valence-corrected chi connectivity index (χ4v) is 1.84. The van der Waals surface area contributed by atoms with Crippen LogP contribution in [0.3, 0.4) is 0 Å². The van der Waals surface area contributed by atoms with Gasteiger partial charge in [0.15, 0.2) is 5.82 Å². The maximum Gasteiger partial charge on any atom is 0.155 e. The van der Waals surface area contributed by atoms with Gasteiger partial charge in [-0.1, -0.05) is 6.08 Å². The number of anilines is 1. The first kappa shape index (κ1) is 9.11. The van der Waals surface area contributed by atoms with Gasteiger partial charge in [-0.05, 0) is 23.8 Å². The van der Waals surface area contributed by atoms with Crippen molar-refractivity contribution < 1.29 is 0 Å². The smallest absolute Gasteiger partial charge is 0.155 e. The van der Waals surface area contributed by atoms with E-state index in [1.807, 2.05) is 18.2 Å². The summed E-state index contributed by atoms with van der Waals surface area (Å²) in [5.41, 5.74) is 9.51. The molecule has 0 amide bonds. The lowest BCUT2D eigenvalue weighted by atomic mass is 10.0. The number of rotatable bonds is 2.